The van der Waals surface area contributed by atoms with E-state index < -0.39 is 5.97 Å². The summed E-state index contributed by atoms with van der Waals surface area (Å²) in [6.45, 7) is 0.608. The number of methoxy groups -OCH3 is 1. The predicted octanol–water partition coefficient (Wildman–Crippen LogP) is 3.29. The maximum absolute atomic E-state index is 12.9. The lowest BCUT2D eigenvalue weighted by molar-refractivity contribution is 0.0693. The number of carboxylic acid groups (broad SMARTS) is 1. The number of pyridine rings is 1. The number of halogens is 2. The van der Waals surface area contributed by atoms with Gasteiger partial charge in [-0.2, -0.15) is 0 Å². The highest BCUT2D eigenvalue weighted by molar-refractivity contribution is 6.37. The minimum absolute atomic E-state index is 0.169. The molecule has 0 saturated heterocycles. The molecule has 1 N–H and O–H groups in total. The normalized spacial score (nSPS) is 13.3. The summed E-state index contributed by atoms with van der Waals surface area (Å²) in [5, 5.41) is 9.80. The molecule has 1 aromatic heterocycles. The number of carboxylic acids is 1. The van der Waals surface area contributed by atoms with Gasteiger partial charge in [0.15, 0.2) is 5.75 Å². The minimum atomic E-state index is -1.02. The second-order valence-electron chi connectivity index (χ2n) is 5.54. The zero-order chi connectivity index (χ0) is 18.1. The number of hydrogen-bond acceptors (Lipinski definition) is 4. The molecule has 6 nitrogen and oxygen atoms in total. The zero-order valence-corrected chi connectivity index (χ0v) is 14.8. The van der Waals surface area contributed by atoms with Crippen molar-refractivity contribution in [2.75, 3.05) is 13.7 Å². The van der Waals surface area contributed by atoms with Crippen LogP contribution >= 0.6 is 23.2 Å². The monoisotopic (exact) mass is 380 g/mol. The molecule has 0 atom stereocenters. The summed E-state index contributed by atoms with van der Waals surface area (Å²) >= 11 is 12.3. The summed E-state index contributed by atoms with van der Waals surface area (Å²) < 4.78 is 5.23. The van der Waals surface area contributed by atoms with Crippen LogP contribution in [-0.2, 0) is 13.0 Å². The van der Waals surface area contributed by atoms with Crippen molar-refractivity contribution in [1.82, 2.24) is 9.88 Å². The second kappa shape index (κ2) is 6.90. The zero-order valence-electron chi connectivity index (χ0n) is 13.3. The lowest BCUT2D eigenvalue weighted by Gasteiger charge is -2.30. The Morgan fingerprint density at radius 3 is 2.64 bits per heavy atom. The first-order valence-electron chi connectivity index (χ1n) is 7.44. The van der Waals surface area contributed by atoms with Gasteiger partial charge in [0.1, 0.15) is 5.56 Å². The molecule has 0 spiro atoms. The Morgan fingerprint density at radius 1 is 1.24 bits per heavy atom. The van der Waals surface area contributed by atoms with Gasteiger partial charge in [-0.25, -0.2) is 4.79 Å². The summed E-state index contributed by atoms with van der Waals surface area (Å²) in [5.74, 6) is -1.12. The van der Waals surface area contributed by atoms with Gasteiger partial charge in [0, 0.05) is 25.5 Å². The number of amides is 1. The van der Waals surface area contributed by atoms with Crippen molar-refractivity contribution < 1.29 is 19.4 Å². The van der Waals surface area contributed by atoms with Gasteiger partial charge in [-0.15, -0.1) is 0 Å². The van der Waals surface area contributed by atoms with Gasteiger partial charge in [0.2, 0.25) is 0 Å². The van der Waals surface area contributed by atoms with E-state index in [-0.39, 0.29) is 34.4 Å². The average Bonchev–Trinajstić information content (AvgIpc) is 2.61. The molecular formula is C17H14Cl2N2O4. The molecule has 0 fully saturated rings. The molecule has 0 saturated carbocycles. The lowest BCUT2D eigenvalue weighted by atomic mass is 9.96. The highest BCUT2D eigenvalue weighted by atomic mass is 35.5. The lowest BCUT2D eigenvalue weighted by Crippen LogP contribution is -2.37. The topological polar surface area (TPSA) is 79.7 Å². The number of carbonyl (C=O) groups is 2. The number of hydrogen-bond donors (Lipinski definition) is 1. The average molecular weight is 381 g/mol. The Hall–Kier alpha value is -2.31. The first-order valence-corrected chi connectivity index (χ1v) is 8.20. The Kier molecular flexibility index (Phi) is 4.83. The SMILES string of the molecule is COc1c(Cl)ccc(Cl)c1C(=O)N1CCc2c(cncc2C(=O)O)C1. The summed E-state index contributed by atoms with van der Waals surface area (Å²) in [7, 11) is 1.42. The van der Waals surface area contributed by atoms with Crippen LogP contribution in [0, 0.1) is 0 Å². The van der Waals surface area contributed by atoms with Crippen LogP contribution in [-0.4, -0.2) is 40.5 Å². The van der Waals surface area contributed by atoms with E-state index in [2.05, 4.69) is 4.98 Å². The van der Waals surface area contributed by atoms with E-state index in [1.807, 2.05) is 0 Å². The molecule has 0 bridgehead atoms. The molecule has 1 amide bonds. The number of aromatic carboxylic acids is 1. The van der Waals surface area contributed by atoms with Crippen LogP contribution in [0.25, 0.3) is 0 Å². The molecule has 0 aliphatic carbocycles. The first kappa shape index (κ1) is 17.5. The van der Waals surface area contributed by atoms with E-state index in [1.54, 1.807) is 23.2 Å². The Morgan fingerprint density at radius 2 is 1.96 bits per heavy atom. The highest BCUT2D eigenvalue weighted by Crippen LogP contribution is 2.35. The molecule has 25 heavy (non-hydrogen) atoms. The third-order valence-electron chi connectivity index (χ3n) is 4.13. The Labute approximate surface area is 153 Å². The molecule has 0 unspecified atom stereocenters. The van der Waals surface area contributed by atoms with Crippen LogP contribution in [0.4, 0.5) is 0 Å². The fourth-order valence-corrected chi connectivity index (χ4v) is 3.41. The van der Waals surface area contributed by atoms with E-state index in [4.69, 9.17) is 27.9 Å². The van der Waals surface area contributed by atoms with Gasteiger partial charge >= 0.3 is 5.97 Å². The minimum Gasteiger partial charge on any atom is -0.494 e. The molecular weight excluding hydrogens is 367 g/mol. The van der Waals surface area contributed by atoms with Crippen LogP contribution in [0.15, 0.2) is 24.5 Å². The number of nitrogens with zero attached hydrogens (tertiary/aromatic N) is 2. The summed E-state index contributed by atoms with van der Waals surface area (Å²) in [4.78, 5) is 29.8. The van der Waals surface area contributed by atoms with Crippen molar-refractivity contribution in [2.24, 2.45) is 0 Å². The number of fused-ring (bicyclic) bond motifs is 1. The van der Waals surface area contributed by atoms with E-state index in [9.17, 15) is 14.7 Å². The number of benzene rings is 1. The highest BCUT2D eigenvalue weighted by Gasteiger charge is 2.29. The summed E-state index contributed by atoms with van der Waals surface area (Å²) in [6.07, 6.45) is 3.33. The number of aromatic nitrogens is 1. The third kappa shape index (κ3) is 3.15. The van der Waals surface area contributed by atoms with Crippen molar-refractivity contribution in [3.8, 4) is 5.75 Å². The quantitative estimate of drug-likeness (QED) is 0.883. The van der Waals surface area contributed by atoms with Crippen molar-refractivity contribution >= 4 is 35.1 Å². The van der Waals surface area contributed by atoms with Crippen molar-refractivity contribution in [1.29, 1.82) is 0 Å². The molecule has 1 aliphatic heterocycles. The molecule has 1 aromatic carbocycles. The van der Waals surface area contributed by atoms with E-state index >= 15 is 0 Å². The van der Waals surface area contributed by atoms with Crippen LogP contribution in [0.3, 0.4) is 0 Å². The number of ether oxygens (including phenoxy) is 1. The fourth-order valence-electron chi connectivity index (χ4n) is 2.94. The molecule has 130 valence electrons. The van der Waals surface area contributed by atoms with E-state index in [0.29, 0.717) is 29.1 Å². The first-order chi connectivity index (χ1) is 11.9. The largest absolute Gasteiger partial charge is 0.494 e. The van der Waals surface area contributed by atoms with E-state index in [0.717, 1.165) is 0 Å². The van der Waals surface area contributed by atoms with E-state index in [1.165, 1.54) is 13.3 Å². The fraction of sp³-hybridized carbons (Fsp3) is 0.235. The molecule has 2 aromatic rings. The van der Waals surface area contributed by atoms with Gasteiger partial charge in [-0.05, 0) is 29.7 Å². The van der Waals surface area contributed by atoms with Crippen LogP contribution in [0.2, 0.25) is 10.0 Å². The van der Waals surface area contributed by atoms with Crippen LogP contribution in [0.5, 0.6) is 5.75 Å². The van der Waals surface area contributed by atoms with Gasteiger partial charge in [-0.3, -0.25) is 9.78 Å². The second-order valence-corrected chi connectivity index (χ2v) is 6.36. The third-order valence-corrected chi connectivity index (χ3v) is 4.75. The maximum Gasteiger partial charge on any atom is 0.337 e. The Balaban J connectivity index is 1.96. The molecule has 8 heteroatoms. The van der Waals surface area contributed by atoms with Crippen LogP contribution in [0.1, 0.15) is 31.8 Å². The van der Waals surface area contributed by atoms with Crippen molar-refractivity contribution in [2.45, 2.75) is 13.0 Å². The molecule has 2 heterocycles. The smallest absolute Gasteiger partial charge is 0.337 e. The number of carbonyl (C=O) groups excluding carboxylic acids is 1. The summed E-state index contributed by atoms with van der Waals surface area (Å²) in [5.41, 5.74) is 1.78. The molecule has 1 aliphatic rings. The van der Waals surface area contributed by atoms with Crippen molar-refractivity contribution in [3.63, 3.8) is 0 Å². The maximum atomic E-state index is 12.9. The van der Waals surface area contributed by atoms with Crippen LogP contribution < -0.4 is 4.74 Å². The Bertz CT molecular complexity index is 870. The number of rotatable bonds is 3. The van der Waals surface area contributed by atoms with Gasteiger partial charge < -0.3 is 14.7 Å². The van der Waals surface area contributed by atoms with Gasteiger partial charge in [-0.1, -0.05) is 23.2 Å². The van der Waals surface area contributed by atoms with Crippen molar-refractivity contribution in [3.05, 3.63) is 56.8 Å². The predicted molar refractivity (Wildman–Crippen MR) is 92.7 cm³/mol. The standard InChI is InChI=1S/C17H14Cl2N2O4/c1-25-15-13(19)3-2-12(18)14(15)16(22)21-5-4-10-9(8-21)6-20-7-11(10)17(23)24/h2-3,6-7H,4-5,8H2,1H3,(H,23,24). The molecule has 0 radical (unpaired) electrons. The van der Waals surface area contributed by atoms with Gasteiger partial charge in [0.25, 0.3) is 5.91 Å². The summed E-state index contributed by atoms with van der Waals surface area (Å²) in [6, 6.07) is 3.11. The van der Waals surface area contributed by atoms with Gasteiger partial charge in [0.05, 0.1) is 22.7 Å². The molecule has 3 rings (SSSR count).